The molecule has 3 aliphatic heterocycles. The molecule has 282 valence electrons. The number of hydrogen-bond acceptors (Lipinski definition) is 14. The zero-order chi connectivity index (χ0) is 37.6. The number of rotatable bonds is 0. The molecule has 5 saturated carbocycles. The van der Waals surface area contributed by atoms with Gasteiger partial charge in [-0.2, -0.15) is 0 Å². The first-order valence-electron chi connectivity index (χ1n) is 18.5. The van der Waals surface area contributed by atoms with E-state index < -0.39 is 87.3 Å². The van der Waals surface area contributed by atoms with Crippen LogP contribution >= 0.6 is 0 Å². The fraction of sp³-hybridized carbons (Fsp3) is 0.667. The van der Waals surface area contributed by atoms with Crippen molar-refractivity contribution in [2.75, 3.05) is 19.8 Å². The maximum atomic E-state index is 14.5. The third-order valence-electron chi connectivity index (χ3n) is 16.0. The lowest BCUT2D eigenvalue weighted by Gasteiger charge is -2.69. The number of ether oxygens (including phenoxy) is 5. The number of carbonyl (C=O) groups is 5. The number of aliphatic hydroxyl groups excluding tert-OH is 1. The molecule has 5 fully saturated rings. The minimum Gasteiger partial charge on any atom is -0.461 e. The summed E-state index contributed by atoms with van der Waals surface area (Å²) < 4.78 is 28.8. The van der Waals surface area contributed by atoms with Gasteiger partial charge in [0.1, 0.15) is 31.5 Å². The molecule has 10 aliphatic rings. The maximum Gasteiger partial charge on any atom is 0.338 e. The molecule has 0 amide bonds. The Balaban J connectivity index is 1.24. The van der Waals surface area contributed by atoms with E-state index in [0.717, 1.165) is 6.08 Å². The zero-order valence-corrected chi connectivity index (χ0v) is 29.9. The molecule has 0 saturated heterocycles. The Morgan fingerprint density at radius 1 is 0.811 bits per heavy atom. The minimum atomic E-state index is -2.52. The van der Waals surface area contributed by atoms with Crippen LogP contribution in [0, 0.1) is 45.8 Å². The molecule has 7 aliphatic carbocycles. The zero-order valence-electron chi connectivity index (χ0n) is 29.9. The summed E-state index contributed by atoms with van der Waals surface area (Å²) in [4.78, 5) is 66.1. The summed E-state index contributed by atoms with van der Waals surface area (Å²) >= 11 is 0. The fourth-order valence-corrected chi connectivity index (χ4v) is 13.6. The highest BCUT2D eigenvalue weighted by Gasteiger charge is 2.90. The average Bonchev–Trinajstić information content (AvgIpc) is 4.00. The van der Waals surface area contributed by atoms with Crippen molar-refractivity contribution in [3.05, 3.63) is 45.6 Å². The van der Waals surface area contributed by atoms with Crippen molar-refractivity contribution in [2.45, 2.75) is 94.9 Å². The average molecular weight is 735 g/mol. The van der Waals surface area contributed by atoms with E-state index in [1.54, 1.807) is 6.92 Å². The van der Waals surface area contributed by atoms with E-state index in [0.29, 0.717) is 24.0 Å². The quantitative estimate of drug-likeness (QED) is 0.202. The second-order valence-corrected chi connectivity index (χ2v) is 17.8. The highest BCUT2D eigenvalue weighted by atomic mass is 16.7. The van der Waals surface area contributed by atoms with Crippen LogP contribution < -0.4 is 0 Å². The van der Waals surface area contributed by atoms with Crippen molar-refractivity contribution < 1.29 is 68.1 Å². The summed E-state index contributed by atoms with van der Waals surface area (Å²) in [7, 11) is 0. The van der Waals surface area contributed by atoms with Gasteiger partial charge in [0, 0.05) is 39.5 Å². The summed E-state index contributed by atoms with van der Waals surface area (Å²) in [5.74, 6) is -8.18. The molecular formula is C39H42O14. The SMILES string of the molecule is CC1=C2C3=C4[C@](C)([C@@H]5C[C@@H]5[C@@]4(O)C[C@]4(C)[C@]35OC(=O)C3=C5C[C@H]5[C@](O)(COC(=O)/C=C/COC(=O)CCC(=O)OC3)[C@H]3C[C@H]3[C@@]54C)[C@@H](O)[C@@]2(O)OC1=O. The molecule has 53 heavy (non-hydrogen) atoms. The summed E-state index contributed by atoms with van der Waals surface area (Å²) in [6, 6.07) is 0. The predicted octanol–water partition coefficient (Wildman–Crippen LogP) is 0.995. The predicted molar refractivity (Wildman–Crippen MR) is 174 cm³/mol. The molecule has 0 aromatic carbocycles. The van der Waals surface area contributed by atoms with Crippen LogP contribution in [0.2, 0.25) is 0 Å². The first-order valence-corrected chi connectivity index (χ1v) is 18.5. The monoisotopic (exact) mass is 734 g/mol. The summed E-state index contributed by atoms with van der Waals surface area (Å²) in [6.45, 7) is 6.05. The summed E-state index contributed by atoms with van der Waals surface area (Å²) in [5, 5.41) is 50.4. The lowest BCUT2D eigenvalue weighted by Crippen LogP contribution is -2.73. The third kappa shape index (κ3) is 3.50. The standard InChI is InChI=1S/C39H42O14/c1-16-27-28-29-34(3,32(45)39(27,48)53-30(16)43)19-10-21(19)36(29,46)14-33(2)35(4)20-11-22(20)37(47)15-51-24(40)6-5-9-49-25(41)7-8-26(42)50-13-17-18(12-23(35)37)38(28,33)52-31(17)44/h5-6,19-23,32,45-48H,7-15H2,1-4H3/b6-5+/t19-,20-,21+,22+,23-,32-,33+,34+,35+,36+,37+,38-,39+/m1/s1. The Hall–Kier alpha value is -3.85. The molecule has 0 aromatic heterocycles. The number of hydrogen-bond donors (Lipinski definition) is 4. The van der Waals surface area contributed by atoms with Gasteiger partial charge in [0.15, 0.2) is 5.60 Å². The van der Waals surface area contributed by atoms with Crippen LogP contribution in [0.5, 0.6) is 0 Å². The second kappa shape index (κ2) is 9.68. The summed E-state index contributed by atoms with van der Waals surface area (Å²) in [6.07, 6.45) is 1.30. The normalized spacial score (nSPS) is 52.5. The molecule has 14 heteroatoms. The van der Waals surface area contributed by atoms with Gasteiger partial charge in [0.2, 0.25) is 0 Å². The Kier molecular flexibility index (Phi) is 6.16. The second-order valence-electron chi connectivity index (χ2n) is 17.8. The van der Waals surface area contributed by atoms with Crippen LogP contribution in [0.4, 0.5) is 0 Å². The number of carbonyl (C=O) groups excluding carboxylic acids is 5. The Labute approximate surface area is 303 Å². The van der Waals surface area contributed by atoms with Gasteiger partial charge in [-0.1, -0.05) is 20.8 Å². The largest absolute Gasteiger partial charge is 0.461 e. The number of fused-ring (bicyclic) bond motifs is 9. The van der Waals surface area contributed by atoms with Gasteiger partial charge in [0.05, 0.1) is 24.0 Å². The minimum absolute atomic E-state index is 0.000254. The van der Waals surface area contributed by atoms with Crippen LogP contribution in [-0.2, 0) is 47.7 Å². The van der Waals surface area contributed by atoms with E-state index in [4.69, 9.17) is 23.7 Å². The van der Waals surface area contributed by atoms with Gasteiger partial charge in [-0.3, -0.25) is 9.59 Å². The van der Waals surface area contributed by atoms with Crippen molar-refractivity contribution in [1.82, 2.24) is 0 Å². The van der Waals surface area contributed by atoms with Crippen LogP contribution in [0.15, 0.2) is 45.6 Å². The molecule has 10 rings (SSSR count). The van der Waals surface area contributed by atoms with Gasteiger partial charge >= 0.3 is 29.8 Å². The smallest absolute Gasteiger partial charge is 0.338 e. The van der Waals surface area contributed by atoms with E-state index in [1.807, 2.05) is 13.8 Å². The van der Waals surface area contributed by atoms with E-state index in [-0.39, 0.29) is 84.9 Å². The molecule has 4 N–H and O–H groups in total. The van der Waals surface area contributed by atoms with E-state index in [9.17, 15) is 44.4 Å². The van der Waals surface area contributed by atoms with Crippen molar-refractivity contribution in [3.63, 3.8) is 0 Å². The lowest BCUT2D eigenvalue weighted by atomic mass is 9.36. The van der Waals surface area contributed by atoms with E-state index in [1.165, 1.54) is 13.0 Å². The molecule has 0 radical (unpaired) electrons. The molecule has 2 bridgehead atoms. The molecule has 3 heterocycles. The van der Waals surface area contributed by atoms with E-state index >= 15 is 0 Å². The maximum absolute atomic E-state index is 14.5. The first kappa shape index (κ1) is 33.7. The van der Waals surface area contributed by atoms with Gasteiger partial charge in [0.25, 0.3) is 5.79 Å². The Morgan fingerprint density at radius 2 is 1.51 bits per heavy atom. The first-order chi connectivity index (χ1) is 24.9. The molecule has 0 unspecified atom stereocenters. The Morgan fingerprint density at radius 3 is 2.25 bits per heavy atom. The molecule has 13 atom stereocenters. The lowest BCUT2D eigenvalue weighted by molar-refractivity contribution is -0.251. The van der Waals surface area contributed by atoms with Crippen molar-refractivity contribution in [2.24, 2.45) is 45.8 Å². The van der Waals surface area contributed by atoms with Crippen molar-refractivity contribution >= 4 is 29.8 Å². The van der Waals surface area contributed by atoms with Gasteiger partial charge in [-0.15, -0.1) is 0 Å². The molecular weight excluding hydrogens is 692 g/mol. The van der Waals surface area contributed by atoms with Crippen molar-refractivity contribution in [3.8, 4) is 0 Å². The summed E-state index contributed by atoms with van der Waals surface area (Å²) in [5.41, 5.74) is -7.37. The van der Waals surface area contributed by atoms with Crippen LogP contribution in [0.25, 0.3) is 0 Å². The third-order valence-corrected chi connectivity index (χ3v) is 16.0. The Bertz CT molecular complexity index is 2030. The molecule has 14 nitrogen and oxygen atoms in total. The molecule has 1 spiro atoms. The molecule has 0 aromatic rings. The number of cyclic esters (lactones) is 3. The van der Waals surface area contributed by atoms with Gasteiger partial charge in [-0.25, -0.2) is 14.4 Å². The van der Waals surface area contributed by atoms with Crippen LogP contribution in [0.1, 0.15) is 66.2 Å². The van der Waals surface area contributed by atoms with Crippen LogP contribution in [-0.4, -0.2) is 98.8 Å². The topological polar surface area (TPSA) is 212 Å². The van der Waals surface area contributed by atoms with Gasteiger partial charge < -0.3 is 44.1 Å². The number of aliphatic hydroxyl groups is 4. The highest BCUT2D eigenvalue weighted by molar-refractivity contribution is 5.98. The number of esters is 5. The van der Waals surface area contributed by atoms with Crippen LogP contribution in [0.3, 0.4) is 0 Å². The fourth-order valence-electron chi connectivity index (χ4n) is 13.6. The van der Waals surface area contributed by atoms with Gasteiger partial charge in [-0.05, 0) is 78.9 Å². The highest BCUT2D eigenvalue weighted by Crippen LogP contribution is 2.87. The van der Waals surface area contributed by atoms with E-state index in [2.05, 4.69) is 0 Å². The van der Waals surface area contributed by atoms with Crippen molar-refractivity contribution in [1.29, 1.82) is 0 Å².